The van der Waals surface area contributed by atoms with Gasteiger partial charge in [0.25, 0.3) is 5.91 Å². The normalized spacial score (nSPS) is 15.5. The molecule has 29 heavy (non-hydrogen) atoms. The fourth-order valence-electron chi connectivity index (χ4n) is 3.31. The second-order valence-electron chi connectivity index (χ2n) is 6.76. The van der Waals surface area contributed by atoms with Crippen LogP contribution in [0.15, 0.2) is 43.0 Å². The molecule has 3 heterocycles. The Morgan fingerprint density at radius 2 is 1.72 bits per heavy atom. The number of nitrogens with one attached hydrogen (secondary N) is 1. The van der Waals surface area contributed by atoms with E-state index in [4.69, 9.17) is 0 Å². The number of amides is 1. The average Bonchev–Trinajstić information content (AvgIpc) is 2.73. The molecule has 1 aromatic carbocycles. The van der Waals surface area contributed by atoms with Gasteiger partial charge in [-0.25, -0.2) is 9.97 Å². The van der Waals surface area contributed by atoms with Crippen LogP contribution in [0.25, 0.3) is 11.0 Å². The first-order chi connectivity index (χ1) is 13.9. The van der Waals surface area contributed by atoms with E-state index in [1.807, 2.05) is 0 Å². The highest BCUT2D eigenvalue weighted by atomic mass is 19.4. The minimum Gasteiger partial charge on any atom is -0.367 e. The van der Waals surface area contributed by atoms with Gasteiger partial charge in [-0.15, -0.1) is 0 Å². The van der Waals surface area contributed by atoms with Crippen molar-refractivity contribution in [2.24, 2.45) is 0 Å². The molecule has 1 saturated heterocycles. The highest BCUT2D eigenvalue weighted by Crippen LogP contribution is 2.28. The van der Waals surface area contributed by atoms with Gasteiger partial charge in [-0.05, 0) is 31.0 Å². The first-order valence-corrected chi connectivity index (χ1v) is 9.06. The minimum absolute atomic E-state index is 0.0718. The lowest BCUT2D eigenvalue weighted by Gasteiger charge is -2.32. The van der Waals surface area contributed by atoms with E-state index in [9.17, 15) is 18.0 Å². The fraction of sp³-hybridized carbons (Fsp3) is 0.316. The molecule has 0 radical (unpaired) electrons. The van der Waals surface area contributed by atoms with Gasteiger partial charge in [0.15, 0.2) is 0 Å². The van der Waals surface area contributed by atoms with E-state index in [0.29, 0.717) is 37.0 Å². The molecule has 0 saturated carbocycles. The molecule has 1 fully saturated rings. The number of carbonyl (C=O) groups is 1. The van der Waals surface area contributed by atoms with Crippen LogP contribution in [-0.2, 0) is 6.18 Å². The Balaban J connectivity index is 1.38. The Labute approximate surface area is 164 Å². The smallest absolute Gasteiger partial charge is 0.367 e. The van der Waals surface area contributed by atoms with Crippen LogP contribution >= 0.6 is 0 Å². The van der Waals surface area contributed by atoms with Crippen LogP contribution in [0, 0.1) is 0 Å². The largest absolute Gasteiger partial charge is 0.433 e. The number of anilines is 1. The number of fused-ring (bicyclic) bond motifs is 1. The first kappa shape index (κ1) is 19.0. The molecular weight excluding hydrogens is 385 g/mol. The Kier molecular flexibility index (Phi) is 4.99. The number of hydrogen-bond donors (Lipinski definition) is 1. The SMILES string of the molecule is O=C(c1ccc2nccnc2c1)N1CCC(Nc2cc(C(F)(F)F)ncn2)CC1. The number of benzene rings is 1. The maximum Gasteiger partial charge on any atom is 0.433 e. The predicted molar refractivity (Wildman–Crippen MR) is 99.1 cm³/mol. The molecule has 2 aromatic heterocycles. The number of aromatic nitrogens is 4. The van der Waals surface area contributed by atoms with Gasteiger partial charge in [-0.1, -0.05) is 0 Å². The highest BCUT2D eigenvalue weighted by Gasteiger charge is 2.33. The van der Waals surface area contributed by atoms with Crippen LogP contribution in [0.4, 0.5) is 19.0 Å². The number of carbonyl (C=O) groups excluding carboxylic acids is 1. The molecular formula is C19H17F3N6O. The van der Waals surface area contributed by atoms with Gasteiger partial charge in [0, 0.05) is 43.2 Å². The molecule has 0 spiro atoms. The van der Waals surface area contributed by atoms with Crippen molar-refractivity contribution in [2.75, 3.05) is 18.4 Å². The van der Waals surface area contributed by atoms with E-state index in [1.165, 1.54) is 0 Å². The standard InChI is InChI=1S/C19H17F3N6O/c20-19(21,22)16-10-17(26-11-25-16)27-13-3-7-28(8-4-13)18(29)12-1-2-14-15(9-12)24-6-5-23-14/h1-2,5-6,9-11,13H,3-4,7-8H2,(H,25,26,27). The van der Waals surface area contributed by atoms with Crippen LogP contribution in [0.3, 0.4) is 0 Å². The van der Waals surface area contributed by atoms with Crippen molar-refractivity contribution in [3.8, 4) is 0 Å². The average molecular weight is 402 g/mol. The number of halogens is 3. The van der Waals surface area contributed by atoms with Crippen LogP contribution in [0.1, 0.15) is 28.9 Å². The lowest BCUT2D eigenvalue weighted by molar-refractivity contribution is -0.141. The van der Waals surface area contributed by atoms with Crippen LogP contribution in [0.2, 0.25) is 0 Å². The highest BCUT2D eigenvalue weighted by molar-refractivity contribution is 5.97. The molecule has 1 N–H and O–H groups in total. The van der Waals surface area contributed by atoms with E-state index in [2.05, 4.69) is 25.3 Å². The Bertz CT molecular complexity index is 1030. The van der Waals surface area contributed by atoms with Crippen molar-refractivity contribution >= 4 is 22.8 Å². The van der Waals surface area contributed by atoms with E-state index in [-0.39, 0.29) is 17.8 Å². The fourth-order valence-corrected chi connectivity index (χ4v) is 3.31. The third-order valence-electron chi connectivity index (χ3n) is 4.81. The summed E-state index contributed by atoms with van der Waals surface area (Å²) in [7, 11) is 0. The van der Waals surface area contributed by atoms with Gasteiger partial charge in [0.05, 0.1) is 11.0 Å². The number of alkyl halides is 3. The minimum atomic E-state index is -4.51. The quantitative estimate of drug-likeness (QED) is 0.725. The summed E-state index contributed by atoms with van der Waals surface area (Å²) in [4.78, 5) is 30.0. The lowest BCUT2D eigenvalue weighted by Crippen LogP contribution is -2.42. The molecule has 10 heteroatoms. The molecule has 7 nitrogen and oxygen atoms in total. The summed E-state index contributed by atoms with van der Waals surface area (Å²) >= 11 is 0. The van der Waals surface area contributed by atoms with Crippen molar-refractivity contribution in [2.45, 2.75) is 25.1 Å². The second kappa shape index (κ2) is 7.61. The molecule has 0 atom stereocenters. The Morgan fingerprint density at radius 1 is 1.00 bits per heavy atom. The maximum absolute atomic E-state index is 12.8. The van der Waals surface area contributed by atoms with Crippen molar-refractivity contribution < 1.29 is 18.0 Å². The zero-order chi connectivity index (χ0) is 20.4. The van der Waals surface area contributed by atoms with Crippen molar-refractivity contribution in [1.82, 2.24) is 24.8 Å². The van der Waals surface area contributed by atoms with E-state index >= 15 is 0 Å². The molecule has 0 bridgehead atoms. The third-order valence-corrected chi connectivity index (χ3v) is 4.81. The summed E-state index contributed by atoms with van der Waals surface area (Å²) in [5, 5.41) is 3.01. The van der Waals surface area contributed by atoms with Gasteiger partial charge in [-0.3, -0.25) is 14.8 Å². The molecule has 1 aliphatic rings. The molecule has 4 rings (SSSR count). The van der Waals surface area contributed by atoms with Gasteiger partial charge >= 0.3 is 6.18 Å². The second-order valence-corrected chi connectivity index (χ2v) is 6.76. The topological polar surface area (TPSA) is 83.9 Å². The summed E-state index contributed by atoms with van der Waals surface area (Å²) in [6.07, 6.45) is 0.753. The van der Waals surface area contributed by atoms with E-state index in [1.54, 1.807) is 35.5 Å². The molecule has 3 aromatic rings. The van der Waals surface area contributed by atoms with Crippen molar-refractivity contribution in [3.63, 3.8) is 0 Å². The lowest BCUT2D eigenvalue weighted by atomic mass is 10.0. The summed E-state index contributed by atoms with van der Waals surface area (Å²) in [6.45, 7) is 0.985. The number of nitrogens with zero attached hydrogens (tertiary/aromatic N) is 5. The van der Waals surface area contributed by atoms with E-state index in [0.717, 1.165) is 17.9 Å². The zero-order valence-electron chi connectivity index (χ0n) is 15.2. The van der Waals surface area contributed by atoms with Crippen molar-refractivity contribution in [3.05, 3.63) is 54.2 Å². The number of hydrogen-bond acceptors (Lipinski definition) is 6. The molecule has 0 aliphatic carbocycles. The summed E-state index contributed by atoms with van der Waals surface area (Å²) < 4.78 is 38.3. The van der Waals surface area contributed by atoms with Gasteiger partial charge in [-0.2, -0.15) is 13.2 Å². The molecule has 150 valence electrons. The molecule has 1 aliphatic heterocycles. The van der Waals surface area contributed by atoms with Crippen molar-refractivity contribution in [1.29, 1.82) is 0 Å². The number of piperidine rings is 1. The molecule has 0 unspecified atom stereocenters. The predicted octanol–water partition coefficient (Wildman–Crippen LogP) is 3.16. The zero-order valence-corrected chi connectivity index (χ0v) is 15.2. The maximum atomic E-state index is 12.8. The Hall–Kier alpha value is -3.30. The van der Waals surface area contributed by atoms with Crippen LogP contribution < -0.4 is 5.32 Å². The van der Waals surface area contributed by atoms with Gasteiger partial charge in [0.1, 0.15) is 17.8 Å². The van der Waals surface area contributed by atoms with E-state index < -0.39 is 11.9 Å². The summed E-state index contributed by atoms with van der Waals surface area (Å²) in [5.41, 5.74) is 0.922. The first-order valence-electron chi connectivity index (χ1n) is 9.06. The molecule has 1 amide bonds. The van der Waals surface area contributed by atoms with Gasteiger partial charge in [0.2, 0.25) is 0 Å². The number of likely N-dealkylation sites (tertiary alicyclic amines) is 1. The third kappa shape index (κ3) is 4.25. The monoisotopic (exact) mass is 402 g/mol. The van der Waals surface area contributed by atoms with Gasteiger partial charge < -0.3 is 10.2 Å². The summed E-state index contributed by atoms with van der Waals surface area (Å²) in [6, 6.07) is 6.03. The number of rotatable bonds is 3. The Morgan fingerprint density at radius 3 is 2.45 bits per heavy atom. The summed E-state index contributed by atoms with van der Waals surface area (Å²) in [5.74, 6) is 0.0302. The van der Waals surface area contributed by atoms with Crippen LogP contribution in [0.5, 0.6) is 0 Å². The van der Waals surface area contributed by atoms with Crippen LogP contribution in [-0.4, -0.2) is 49.9 Å².